The molecule has 0 spiro atoms. The minimum atomic E-state index is -0.818. The maximum absolute atomic E-state index is 10.6. The molecule has 4 heteroatoms. The molecule has 2 rings (SSSR count). The summed E-state index contributed by atoms with van der Waals surface area (Å²) in [5.41, 5.74) is 3.34. The summed E-state index contributed by atoms with van der Waals surface area (Å²) in [4.78, 5) is 15.3. The minimum Gasteiger partial charge on any atom is -0.481 e. The Bertz CT molecular complexity index is 623. The first kappa shape index (κ1) is 13.9. The van der Waals surface area contributed by atoms with E-state index in [-0.39, 0.29) is 5.75 Å². The van der Waals surface area contributed by atoms with Gasteiger partial charge in [0.05, 0.1) is 16.3 Å². The fraction of sp³-hybridized carbons (Fsp3) is 0.333. The van der Waals surface area contributed by atoms with Crippen LogP contribution in [0.5, 0.6) is 0 Å². The van der Waals surface area contributed by atoms with Crippen LogP contribution in [0.15, 0.2) is 29.3 Å². The highest BCUT2D eigenvalue weighted by Gasteiger charge is 2.10. The number of thioether (sulfide) groups is 1. The standard InChI is InChI=1S/C15H17NO2S/c1-9(2)11-5-4-6-12-10(3)7-13(16-15(11)12)19-8-14(17)18/h4-7,9H,8H2,1-3H3,(H,17,18). The van der Waals surface area contributed by atoms with Crippen LogP contribution in [0.3, 0.4) is 0 Å². The van der Waals surface area contributed by atoms with E-state index >= 15 is 0 Å². The first-order valence-electron chi connectivity index (χ1n) is 6.24. The van der Waals surface area contributed by atoms with Gasteiger partial charge in [-0.2, -0.15) is 0 Å². The lowest BCUT2D eigenvalue weighted by Crippen LogP contribution is -1.99. The van der Waals surface area contributed by atoms with Crippen molar-refractivity contribution in [2.75, 3.05) is 5.75 Å². The Morgan fingerprint density at radius 2 is 2.16 bits per heavy atom. The Morgan fingerprint density at radius 1 is 1.42 bits per heavy atom. The van der Waals surface area contributed by atoms with Gasteiger partial charge in [-0.1, -0.05) is 43.8 Å². The zero-order valence-electron chi connectivity index (χ0n) is 11.3. The van der Waals surface area contributed by atoms with Gasteiger partial charge in [-0.05, 0) is 30.0 Å². The summed E-state index contributed by atoms with van der Waals surface area (Å²) in [6.45, 7) is 6.32. The van der Waals surface area contributed by atoms with Gasteiger partial charge < -0.3 is 5.11 Å². The second kappa shape index (κ2) is 5.61. The lowest BCUT2D eigenvalue weighted by Gasteiger charge is -2.12. The van der Waals surface area contributed by atoms with Gasteiger partial charge in [-0.15, -0.1) is 0 Å². The third-order valence-electron chi connectivity index (χ3n) is 3.02. The number of fused-ring (bicyclic) bond motifs is 1. The number of rotatable bonds is 4. The molecule has 0 saturated heterocycles. The highest BCUT2D eigenvalue weighted by Crippen LogP contribution is 2.29. The average molecular weight is 275 g/mol. The number of hydrogen-bond donors (Lipinski definition) is 1. The number of aromatic nitrogens is 1. The molecule has 100 valence electrons. The monoisotopic (exact) mass is 275 g/mol. The number of carboxylic acids is 1. The summed E-state index contributed by atoms with van der Waals surface area (Å²) in [6, 6.07) is 8.16. The largest absolute Gasteiger partial charge is 0.481 e. The number of pyridine rings is 1. The minimum absolute atomic E-state index is 0.0434. The second-order valence-electron chi connectivity index (χ2n) is 4.86. The predicted octanol–water partition coefficient (Wildman–Crippen LogP) is 3.84. The van der Waals surface area contributed by atoms with Crippen molar-refractivity contribution in [3.8, 4) is 0 Å². The van der Waals surface area contributed by atoms with Gasteiger partial charge in [-0.25, -0.2) is 4.98 Å². The van der Waals surface area contributed by atoms with E-state index in [0.29, 0.717) is 5.92 Å². The van der Waals surface area contributed by atoms with E-state index in [1.54, 1.807) is 0 Å². The highest BCUT2D eigenvalue weighted by atomic mass is 32.2. The molecule has 0 radical (unpaired) electrons. The molecule has 1 N–H and O–H groups in total. The fourth-order valence-electron chi connectivity index (χ4n) is 2.09. The number of nitrogens with zero attached hydrogens (tertiary/aromatic N) is 1. The van der Waals surface area contributed by atoms with Crippen LogP contribution >= 0.6 is 11.8 Å². The van der Waals surface area contributed by atoms with Gasteiger partial charge in [0, 0.05) is 5.39 Å². The second-order valence-corrected chi connectivity index (χ2v) is 5.85. The molecule has 0 saturated carbocycles. The van der Waals surface area contributed by atoms with Crippen LogP contribution in [0.25, 0.3) is 10.9 Å². The lowest BCUT2D eigenvalue weighted by atomic mass is 9.98. The number of para-hydroxylation sites is 1. The van der Waals surface area contributed by atoms with Crippen molar-refractivity contribution in [3.05, 3.63) is 35.4 Å². The Morgan fingerprint density at radius 3 is 2.79 bits per heavy atom. The summed E-state index contributed by atoms with van der Waals surface area (Å²) in [5.74, 6) is -0.376. The van der Waals surface area contributed by atoms with Crippen LogP contribution in [0, 0.1) is 6.92 Å². The molecular weight excluding hydrogens is 258 g/mol. The molecule has 3 nitrogen and oxygen atoms in total. The molecule has 1 aromatic carbocycles. The Kier molecular flexibility index (Phi) is 4.10. The van der Waals surface area contributed by atoms with Gasteiger partial charge in [0.2, 0.25) is 0 Å². The van der Waals surface area contributed by atoms with Crippen molar-refractivity contribution >= 4 is 28.6 Å². The molecule has 0 unspecified atom stereocenters. The number of carboxylic acid groups (broad SMARTS) is 1. The third kappa shape index (κ3) is 3.07. The van der Waals surface area contributed by atoms with E-state index in [1.165, 1.54) is 17.3 Å². The summed E-state index contributed by atoms with van der Waals surface area (Å²) < 4.78 is 0. The smallest absolute Gasteiger partial charge is 0.313 e. The molecule has 0 aliphatic carbocycles. The fourth-order valence-corrected chi connectivity index (χ4v) is 2.77. The molecule has 0 aliphatic heterocycles. The van der Waals surface area contributed by atoms with Gasteiger partial charge in [0.25, 0.3) is 0 Å². The number of benzene rings is 1. The summed E-state index contributed by atoms with van der Waals surface area (Å²) in [5, 5.41) is 10.7. The molecule has 0 atom stereocenters. The van der Waals surface area contributed by atoms with Crippen LogP contribution in [0.2, 0.25) is 0 Å². The van der Waals surface area contributed by atoms with Crippen molar-refractivity contribution in [1.82, 2.24) is 4.98 Å². The number of hydrogen-bond acceptors (Lipinski definition) is 3. The van der Waals surface area contributed by atoms with E-state index in [4.69, 9.17) is 5.11 Å². The average Bonchev–Trinajstić information content (AvgIpc) is 2.35. The zero-order valence-corrected chi connectivity index (χ0v) is 12.1. The van der Waals surface area contributed by atoms with Crippen molar-refractivity contribution in [1.29, 1.82) is 0 Å². The first-order valence-corrected chi connectivity index (χ1v) is 7.22. The van der Waals surface area contributed by atoms with Crippen LogP contribution in [-0.4, -0.2) is 21.8 Å². The summed E-state index contributed by atoms with van der Waals surface area (Å²) in [6.07, 6.45) is 0. The van der Waals surface area contributed by atoms with Gasteiger partial charge >= 0.3 is 5.97 Å². The molecule has 0 aliphatic rings. The van der Waals surface area contributed by atoms with Gasteiger partial charge in [-0.3, -0.25) is 4.79 Å². The van der Waals surface area contributed by atoms with Crippen molar-refractivity contribution in [2.45, 2.75) is 31.7 Å². The predicted molar refractivity (Wildman–Crippen MR) is 78.9 cm³/mol. The maximum atomic E-state index is 10.6. The van der Waals surface area contributed by atoms with Crippen LogP contribution in [0.4, 0.5) is 0 Å². The molecule has 1 heterocycles. The lowest BCUT2D eigenvalue weighted by molar-refractivity contribution is -0.133. The van der Waals surface area contributed by atoms with E-state index in [0.717, 1.165) is 21.5 Å². The summed E-state index contributed by atoms with van der Waals surface area (Å²) in [7, 11) is 0. The first-order chi connectivity index (χ1) is 8.99. The molecule has 0 amide bonds. The SMILES string of the molecule is Cc1cc(SCC(=O)O)nc2c(C(C)C)cccc12. The Balaban J connectivity index is 2.53. The number of carbonyl (C=O) groups is 1. The Labute approximate surface area is 117 Å². The third-order valence-corrected chi connectivity index (χ3v) is 3.92. The van der Waals surface area contributed by atoms with Crippen LogP contribution in [0.1, 0.15) is 30.9 Å². The van der Waals surface area contributed by atoms with Crippen molar-refractivity contribution < 1.29 is 9.90 Å². The summed E-state index contributed by atoms with van der Waals surface area (Å²) >= 11 is 1.27. The molecule has 0 fully saturated rings. The van der Waals surface area contributed by atoms with E-state index in [1.807, 2.05) is 13.0 Å². The number of aliphatic carboxylic acids is 1. The van der Waals surface area contributed by atoms with Crippen molar-refractivity contribution in [3.63, 3.8) is 0 Å². The zero-order chi connectivity index (χ0) is 14.0. The van der Waals surface area contributed by atoms with Gasteiger partial charge in [0.15, 0.2) is 0 Å². The Hall–Kier alpha value is -1.55. The van der Waals surface area contributed by atoms with E-state index in [9.17, 15) is 4.79 Å². The molecule has 2 aromatic rings. The van der Waals surface area contributed by atoms with Crippen LogP contribution in [-0.2, 0) is 4.79 Å². The molecule has 1 aromatic heterocycles. The van der Waals surface area contributed by atoms with E-state index in [2.05, 4.69) is 37.0 Å². The van der Waals surface area contributed by atoms with Crippen LogP contribution < -0.4 is 0 Å². The van der Waals surface area contributed by atoms with Crippen molar-refractivity contribution in [2.24, 2.45) is 0 Å². The quantitative estimate of drug-likeness (QED) is 0.861. The molecular formula is C15H17NO2S. The van der Waals surface area contributed by atoms with E-state index < -0.39 is 5.97 Å². The molecule has 19 heavy (non-hydrogen) atoms. The topological polar surface area (TPSA) is 50.2 Å². The van der Waals surface area contributed by atoms with Gasteiger partial charge in [0.1, 0.15) is 0 Å². The number of aryl methyl sites for hydroxylation is 1. The maximum Gasteiger partial charge on any atom is 0.313 e. The molecule has 0 bridgehead atoms. The normalized spacial score (nSPS) is 11.2. The highest BCUT2D eigenvalue weighted by molar-refractivity contribution is 7.99.